The van der Waals surface area contributed by atoms with E-state index in [0.717, 1.165) is 51.4 Å². The molecule has 0 radical (unpaired) electrons. The lowest BCUT2D eigenvalue weighted by Crippen LogP contribution is -2.40. The molecule has 0 aliphatic rings. The third-order valence-corrected chi connectivity index (χ3v) is 15.5. The highest BCUT2D eigenvalue weighted by molar-refractivity contribution is 5.71. The zero-order valence-electron chi connectivity index (χ0n) is 52.2. The molecule has 456 valence electrons. The summed E-state index contributed by atoms with van der Waals surface area (Å²) in [7, 11) is 5.98. The first kappa shape index (κ1) is 75.0. The number of allylic oxidation sites excluding steroid dienone is 2. The Morgan fingerprint density at radius 2 is 0.662 bits per heavy atom. The van der Waals surface area contributed by atoms with Crippen LogP contribution in [0.1, 0.15) is 348 Å². The summed E-state index contributed by atoms with van der Waals surface area (Å²) >= 11 is 0. The molecule has 2 unspecified atom stereocenters. The molecule has 0 aliphatic carbocycles. The maximum absolute atomic E-state index is 12.9. The van der Waals surface area contributed by atoms with Crippen molar-refractivity contribution in [1.29, 1.82) is 0 Å². The number of hydrogen-bond acceptors (Lipinski definition) is 7. The summed E-state index contributed by atoms with van der Waals surface area (Å²) in [6.07, 6.45) is 69.2. The molecule has 0 bridgehead atoms. The third kappa shape index (κ3) is 61.5. The number of unbranched alkanes of at least 4 members (excludes halogenated alkanes) is 47. The molecule has 2 atom stereocenters. The second kappa shape index (κ2) is 60.1. The fraction of sp³-hybridized carbons (Fsp3) is 0.926. The van der Waals surface area contributed by atoms with Crippen LogP contribution in [-0.4, -0.2) is 87.4 Å². The van der Waals surface area contributed by atoms with E-state index in [1.165, 1.54) is 263 Å². The molecular weight excluding hydrogens is 959 g/mol. The van der Waals surface area contributed by atoms with E-state index in [1.54, 1.807) is 0 Å². The van der Waals surface area contributed by atoms with Crippen LogP contribution in [0, 0.1) is 0 Å². The standard InChI is InChI=1S/C68H131NO8/c1-6-8-10-12-14-16-18-20-22-23-24-25-26-27-28-29-30-31-32-33-34-35-36-37-38-39-40-41-42-43-45-46-48-50-52-54-56-58-65(70)75-62-64(63-76-68(67(72)73)74-61-60-69(3,4)5)77-66(71)59-57-55-53-51-49-47-44-21-19-17-15-13-11-9-7-2/h21,44,64,68H,6-20,22-43,45-63H2,1-5H3/p+1/b44-21-. The van der Waals surface area contributed by atoms with E-state index in [9.17, 15) is 19.5 Å². The number of likely N-dealkylation sites (N-methyl/N-ethyl adjacent to an activating group) is 1. The van der Waals surface area contributed by atoms with Gasteiger partial charge in [0.2, 0.25) is 0 Å². The Morgan fingerprint density at radius 3 is 0.961 bits per heavy atom. The monoisotopic (exact) mass is 1090 g/mol. The molecule has 0 amide bonds. The predicted molar refractivity (Wildman–Crippen MR) is 328 cm³/mol. The number of carboxylic acid groups (broad SMARTS) is 1. The summed E-state index contributed by atoms with van der Waals surface area (Å²) < 4.78 is 22.9. The first-order valence-corrected chi connectivity index (χ1v) is 33.9. The van der Waals surface area contributed by atoms with Gasteiger partial charge >= 0.3 is 17.9 Å². The quantitative estimate of drug-likeness (QED) is 0.0211. The van der Waals surface area contributed by atoms with Gasteiger partial charge < -0.3 is 28.5 Å². The van der Waals surface area contributed by atoms with Crippen molar-refractivity contribution in [2.45, 2.75) is 360 Å². The molecule has 0 fully saturated rings. The number of aliphatic carboxylic acids is 1. The number of carboxylic acids is 1. The second-order valence-electron chi connectivity index (χ2n) is 24.5. The van der Waals surface area contributed by atoms with Crippen LogP contribution in [0.3, 0.4) is 0 Å². The summed E-state index contributed by atoms with van der Waals surface area (Å²) in [6, 6.07) is 0. The SMILES string of the molecule is CCCCCCCC/C=C\CCCCCCCC(=O)OC(COC(=O)CCCCCCCCCCCCCCCCCCCCCCCCCCCCCCCCCCCCCCC)COC(OCC[N+](C)(C)C)C(=O)O. The Labute approximate surface area is 478 Å². The first-order chi connectivity index (χ1) is 37.6. The number of hydrogen-bond donors (Lipinski definition) is 1. The zero-order valence-corrected chi connectivity index (χ0v) is 52.2. The van der Waals surface area contributed by atoms with Gasteiger partial charge in [0.15, 0.2) is 6.10 Å². The summed E-state index contributed by atoms with van der Waals surface area (Å²) in [5.74, 6) is -1.99. The van der Waals surface area contributed by atoms with Gasteiger partial charge in [0, 0.05) is 12.8 Å². The summed E-state index contributed by atoms with van der Waals surface area (Å²) in [5, 5.41) is 9.71. The molecule has 0 aromatic carbocycles. The predicted octanol–water partition coefficient (Wildman–Crippen LogP) is 20.5. The van der Waals surface area contributed by atoms with Crippen LogP contribution >= 0.6 is 0 Å². The Bertz CT molecular complexity index is 1270. The Kier molecular flexibility index (Phi) is 58.6. The zero-order chi connectivity index (χ0) is 56.2. The van der Waals surface area contributed by atoms with Crippen molar-refractivity contribution in [3.63, 3.8) is 0 Å². The molecule has 0 saturated heterocycles. The van der Waals surface area contributed by atoms with E-state index in [2.05, 4.69) is 26.0 Å². The topological polar surface area (TPSA) is 108 Å². The van der Waals surface area contributed by atoms with Gasteiger partial charge in [0.25, 0.3) is 6.29 Å². The number of carbonyl (C=O) groups is 3. The molecule has 77 heavy (non-hydrogen) atoms. The fourth-order valence-corrected chi connectivity index (χ4v) is 10.3. The third-order valence-electron chi connectivity index (χ3n) is 15.5. The molecule has 0 spiro atoms. The maximum atomic E-state index is 12.9. The van der Waals surface area contributed by atoms with Crippen LogP contribution in [0.5, 0.6) is 0 Å². The van der Waals surface area contributed by atoms with Gasteiger partial charge in [-0.15, -0.1) is 0 Å². The minimum atomic E-state index is -1.51. The van der Waals surface area contributed by atoms with Crippen molar-refractivity contribution in [2.24, 2.45) is 0 Å². The average molecular weight is 1090 g/mol. The molecule has 0 heterocycles. The summed E-state index contributed by atoms with van der Waals surface area (Å²) in [4.78, 5) is 37.4. The average Bonchev–Trinajstić information content (AvgIpc) is 3.40. The number of ether oxygens (including phenoxy) is 4. The summed E-state index contributed by atoms with van der Waals surface area (Å²) in [5.41, 5.74) is 0. The lowest BCUT2D eigenvalue weighted by atomic mass is 10.0. The van der Waals surface area contributed by atoms with Crippen LogP contribution in [0.25, 0.3) is 0 Å². The molecule has 0 aromatic heterocycles. The van der Waals surface area contributed by atoms with E-state index >= 15 is 0 Å². The number of rotatable bonds is 64. The van der Waals surface area contributed by atoms with Crippen LogP contribution in [-0.2, 0) is 33.3 Å². The van der Waals surface area contributed by atoms with E-state index in [1.807, 2.05) is 21.1 Å². The normalized spacial score (nSPS) is 12.7. The molecular formula is C68H132NO8+. The van der Waals surface area contributed by atoms with Crippen LogP contribution in [0.15, 0.2) is 12.2 Å². The molecule has 9 nitrogen and oxygen atoms in total. The molecule has 0 aliphatic heterocycles. The van der Waals surface area contributed by atoms with Gasteiger partial charge in [-0.3, -0.25) is 9.59 Å². The second-order valence-corrected chi connectivity index (χ2v) is 24.5. The maximum Gasteiger partial charge on any atom is 0.361 e. The first-order valence-electron chi connectivity index (χ1n) is 33.9. The molecule has 0 rings (SSSR count). The van der Waals surface area contributed by atoms with Gasteiger partial charge in [0.05, 0.1) is 34.4 Å². The van der Waals surface area contributed by atoms with Crippen LogP contribution < -0.4 is 0 Å². The molecule has 9 heteroatoms. The number of nitrogens with zero attached hydrogens (tertiary/aromatic N) is 1. The van der Waals surface area contributed by atoms with Crippen LogP contribution in [0.2, 0.25) is 0 Å². The van der Waals surface area contributed by atoms with E-state index in [-0.39, 0.29) is 32.2 Å². The smallest absolute Gasteiger partial charge is 0.361 e. The van der Waals surface area contributed by atoms with Crippen molar-refractivity contribution in [1.82, 2.24) is 0 Å². The Balaban J connectivity index is 3.91. The fourth-order valence-electron chi connectivity index (χ4n) is 10.3. The van der Waals surface area contributed by atoms with E-state index in [4.69, 9.17) is 18.9 Å². The number of quaternary nitrogens is 1. The largest absolute Gasteiger partial charge is 0.477 e. The van der Waals surface area contributed by atoms with Crippen LogP contribution in [0.4, 0.5) is 0 Å². The van der Waals surface area contributed by atoms with Gasteiger partial charge in [-0.2, -0.15) is 0 Å². The van der Waals surface area contributed by atoms with Crippen molar-refractivity contribution in [2.75, 3.05) is 47.5 Å². The summed E-state index contributed by atoms with van der Waals surface area (Å²) in [6.45, 7) is 4.92. The van der Waals surface area contributed by atoms with Gasteiger partial charge in [0.1, 0.15) is 13.2 Å². The molecule has 0 saturated carbocycles. The van der Waals surface area contributed by atoms with Gasteiger partial charge in [-0.25, -0.2) is 4.79 Å². The van der Waals surface area contributed by atoms with Crippen molar-refractivity contribution in [3.8, 4) is 0 Å². The van der Waals surface area contributed by atoms with Crippen molar-refractivity contribution >= 4 is 17.9 Å². The minimum Gasteiger partial charge on any atom is -0.477 e. The minimum absolute atomic E-state index is 0.179. The highest BCUT2D eigenvalue weighted by Crippen LogP contribution is 2.19. The number of carbonyl (C=O) groups excluding carboxylic acids is 2. The highest BCUT2D eigenvalue weighted by Gasteiger charge is 2.25. The molecule has 0 aromatic rings. The van der Waals surface area contributed by atoms with E-state index in [0.29, 0.717) is 23.9 Å². The van der Waals surface area contributed by atoms with E-state index < -0.39 is 24.3 Å². The lowest BCUT2D eigenvalue weighted by molar-refractivity contribution is -0.870. The van der Waals surface area contributed by atoms with Crippen molar-refractivity contribution < 1.29 is 42.9 Å². The lowest BCUT2D eigenvalue weighted by Gasteiger charge is -2.25. The number of esters is 2. The van der Waals surface area contributed by atoms with Gasteiger partial charge in [-0.1, -0.05) is 309 Å². The highest BCUT2D eigenvalue weighted by atomic mass is 16.7. The van der Waals surface area contributed by atoms with Gasteiger partial charge in [-0.05, 0) is 38.5 Å². The molecule has 1 N–H and O–H groups in total. The Hall–Kier alpha value is -1.97. The Morgan fingerprint density at radius 1 is 0.377 bits per heavy atom. The van der Waals surface area contributed by atoms with Crippen molar-refractivity contribution in [3.05, 3.63) is 12.2 Å².